The van der Waals surface area contributed by atoms with Crippen LogP contribution in [-0.2, 0) is 47.9 Å². The van der Waals surface area contributed by atoms with Crippen molar-refractivity contribution in [3.63, 3.8) is 0 Å². The number of nitro groups is 2. The second-order valence-electron chi connectivity index (χ2n) is 15.4. The average Bonchev–Trinajstić information content (AvgIpc) is 3.69. The lowest BCUT2D eigenvalue weighted by Gasteiger charge is -2.29. The first kappa shape index (κ1) is 54.2. The van der Waals surface area contributed by atoms with Crippen LogP contribution >= 0.6 is 21.6 Å². The van der Waals surface area contributed by atoms with E-state index in [9.17, 15) is 58.6 Å². The molecular formula is C40H54N6O16S2+2. The molecular weight excluding hydrogens is 885 g/mol. The van der Waals surface area contributed by atoms with Crippen LogP contribution in [0, 0.1) is 20.2 Å². The topological polar surface area (TPSA) is 266 Å². The molecule has 2 aromatic carbocycles. The number of nitrogens with zero attached hydrogens (tertiary/aromatic N) is 6. The summed E-state index contributed by atoms with van der Waals surface area (Å²) in [6.07, 6.45) is 0.443. The highest BCUT2D eigenvalue weighted by Crippen LogP contribution is 2.40. The zero-order valence-corrected chi connectivity index (χ0v) is 36.0. The summed E-state index contributed by atoms with van der Waals surface area (Å²) in [6, 6.07) is 7.66. The minimum Gasteiger partial charge on any atom is -0.456 e. The number of hydrogen-bond donors (Lipinski definition) is 0. The predicted octanol–water partition coefficient (Wildman–Crippen LogP) is 4.82. The van der Waals surface area contributed by atoms with E-state index in [1.807, 2.05) is 28.2 Å². The van der Waals surface area contributed by atoms with Crippen molar-refractivity contribution in [1.29, 1.82) is 0 Å². The molecule has 24 heteroatoms. The second-order valence-corrected chi connectivity index (χ2v) is 17.7. The number of benzene rings is 2. The molecule has 0 radical (unpaired) electrons. The van der Waals surface area contributed by atoms with Gasteiger partial charge in [0.15, 0.2) is 0 Å². The highest BCUT2D eigenvalue weighted by atomic mass is 33.1. The molecule has 0 aliphatic carbocycles. The van der Waals surface area contributed by atoms with Gasteiger partial charge in [-0.05, 0) is 24.3 Å². The lowest BCUT2D eigenvalue weighted by atomic mass is 10.2. The Balaban J connectivity index is 0.00000704. The van der Waals surface area contributed by atoms with E-state index >= 15 is 0 Å². The van der Waals surface area contributed by atoms with Gasteiger partial charge < -0.3 is 28.1 Å². The summed E-state index contributed by atoms with van der Waals surface area (Å²) >= 11 is 0. The molecule has 350 valence electrons. The molecule has 22 nitrogen and oxygen atoms in total. The number of ether oxygens (including phenoxy) is 2. The summed E-state index contributed by atoms with van der Waals surface area (Å²) in [5, 5.41) is 24.6. The lowest BCUT2D eigenvalue weighted by molar-refractivity contribution is -0.890. The molecule has 2 saturated heterocycles. The van der Waals surface area contributed by atoms with Gasteiger partial charge in [0.1, 0.15) is 37.4 Å². The maximum Gasteiger partial charge on any atom is 0.345 e. The van der Waals surface area contributed by atoms with Gasteiger partial charge in [0.25, 0.3) is 35.0 Å². The van der Waals surface area contributed by atoms with Crippen molar-refractivity contribution in [3.05, 3.63) is 67.8 Å². The standard InChI is InChI=1S/C38H46N6O16S2.2CH4/c1-43(2,17-5-7-35(49)59-39-31(45)13-14-32(39)46)19-21-57-37(51)27-23-25(9-11-29(27)41(53)54)61-62-26-10-12-30(42(55)56)28(24-26)38(52)58-22-20-44(3,4)18-6-8-36(50)60-40-33(47)15-16-34(40)48;;/h9-12,23-24H,5-8,13-22H2,1-4H3;2*1H4/q+2;;. The van der Waals surface area contributed by atoms with E-state index in [-0.39, 0.29) is 99.8 Å². The van der Waals surface area contributed by atoms with Crippen LogP contribution in [0.25, 0.3) is 0 Å². The van der Waals surface area contributed by atoms with Gasteiger partial charge in [0, 0.05) is 60.4 Å². The first-order chi connectivity index (χ1) is 29.2. The fourth-order valence-corrected chi connectivity index (χ4v) is 7.91. The number of imide groups is 2. The van der Waals surface area contributed by atoms with Gasteiger partial charge in [0.2, 0.25) is 0 Å². The Morgan fingerprint density at radius 3 is 1.23 bits per heavy atom. The molecule has 0 atom stereocenters. The Morgan fingerprint density at radius 2 is 0.922 bits per heavy atom. The zero-order chi connectivity index (χ0) is 45.8. The summed E-state index contributed by atoms with van der Waals surface area (Å²) < 4.78 is 11.4. The van der Waals surface area contributed by atoms with Crippen LogP contribution in [-0.4, -0.2) is 144 Å². The molecule has 2 aliphatic heterocycles. The van der Waals surface area contributed by atoms with Crippen molar-refractivity contribution in [2.45, 2.75) is 76.0 Å². The fraction of sp³-hybridized carbons (Fsp3) is 0.500. The third kappa shape index (κ3) is 16.0. The van der Waals surface area contributed by atoms with Crippen molar-refractivity contribution in [1.82, 2.24) is 10.1 Å². The van der Waals surface area contributed by atoms with Gasteiger partial charge in [0.05, 0.1) is 64.0 Å². The Kier molecular flexibility index (Phi) is 20.5. The van der Waals surface area contributed by atoms with Crippen molar-refractivity contribution in [2.24, 2.45) is 0 Å². The predicted molar refractivity (Wildman–Crippen MR) is 228 cm³/mol. The maximum absolute atomic E-state index is 13.1. The van der Waals surface area contributed by atoms with E-state index in [1.54, 1.807) is 0 Å². The minimum absolute atomic E-state index is 0. The Labute approximate surface area is 377 Å². The highest BCUT2D eigenvalue weighted by molar-refractivity contribution is 8.76. The van der Waals surface area contributed by atoms with Crippen molar-refractivity contribution >= 4 is 80.5 Å². The maximum atomic E-state index is 13.1. The SMILES string of the molecule is C.C.C[N+](C)(CCCC(=O)ON1C(=O)CCC1=O)CCOC(=O)c1cc(SSc2ccc([N+](=O)[O-])c(C(=O)OCC[N+](C)(C)CCCC(=O)ON3C(=O)CCC3=O)c2)ccc1[N+](=O)[O-]. The van der Waals surface area contributed by atoms with Gasteiger partial charge in [-0.1, -0.05) is 36.4 Å². The number of amides is 4. The molecule has 2 aliphatic rings. The highest BCUT2D eigenvalue weighted by Gasteiger charge is 2.34. The Hall–Kier alpha value is -5.98. The Bertz CT molecular complexity index is 1950. The van der Waals surface area contributed by atoms with Crippen LogP contribution in [0.5, 0.6) is 0 Å². The van der Waals surface area contributed by atoms with Gasteiger partial charge >= 0.3 is 23.9 Å². The van der Waals surface area contributed by atoms with E-state index in [0.29, 0.717) is 45.8 Å². The zero-order valence-electron chi connectivity index (χ0n) is 34.4. The first-order valence-corrected chi connectivity index (χ1v) is 21.3. The summed E-state index contributed by atoms with van der Waals surface area (Å²) in [5.74, 6) is -5.70. The third-order valence-electron chi connectivity index (χ3n) is 9.55. The third-order valence-corrected chi connectivity index (χ3v) is 11.9. The molecule has 2 fully saturated rings. The van der Waals surface area contributed by atoms with Crippen LogP contribution in [0.1, 0.15) is 86.9 Å². The van der Waals surface area contributed by atoms with E-state index in [2.05, 4.69) is 0 Å². The van der Waals surface area contributed by atoms with Gasteiger partial charge in [-0.3, -0.25) is 39.4 Å². The smallest absolute Gasteiger partial charge is 0.345 e. The summed E-state index contributed by atoms with van der Waals surface area (Å²) in [7, 11) is 9.37. The largest absolute Gasteiger partial charge is 0.456 e. The van der Waals surface area contributed by atoms with Crippen molar-refractivity contribution in [2.75, 3.05) is 67.6 Å². The van der Waals surface area contributed by atoms with Crippen LogP contribution in [0.15, 0.2) is 46.2 Å². The molecule has 0 N–H and O–H groups in total. The van der Waals surface area contributed by atoms with Crippen LogP contribution in [0.3, 0.4) is 0 Å². The number of likely N-dealkylation sites (N-methyl/N-ethyl adjacent to an activating group) is 2. The van der Waals surface area contributed by atoms with Crippen molar-refractivity contribution in [3.8, 4) is 0 Å². The second kappa shape index (κ2) is 24.2. The van der Waals surface area contributed by atoms with Crippen LogP contribution < -0.4 is 0 Å². The van der Waals surface area contributed by atoms with Crippen LogP contribution in [0.2, 0.25) is 0 Å². The molecule has 4 amide bonds. The summed E-state index contributed by atoms with van der Waals surface area (Å²) in [5.41, 5.74) is -1.62. The lowest BCUT2D eigenvalue weighted by Crippen LogP contribution is -2.43. The van der Waals surface area contributed by atoms with E-state index in [1.165, 1.54) is 24.3 Å². The minimum atomic E-state index is -0.953. The van der Waals surface area contributed by atoms with Gasteiger partial charge in [-0.15, -0.1) is 10.1 Å². The van der Waals surface area contributed by atoms with E-state index in [0.717, 1.165) is 33.7 Å². The average molecular weight is 939 g/mol. The molecule has 0 unspecified atom stereocenters. The number of carbonyl (C=O) groups excluding carboxylic acids is 8. The number of rotatable bonds is 23. The number of quaternary nitrogens is 2. The number of esters is 2. The molecule has 0 bridgehead atoms. The molecule has 64 heavy (non-hydrogen) atoms. The molecule has 0 aromatic heterocycles. The van der Waals surface area contributed by atoms with Crippen molar-refractivity contribution < 1.29 is 76.3 Å². The molecule has 2 aromatic rings. The fourth-order valence-electron chi connectivity index (χ4n) is 5.94. The van der Waals surface area contributed by atoms with E-state index < -0.39 is 68.7 Å². The van der Waals surface area contributed by atoms with Gasteiger partial charge in [-0.2, -0.15) is 0 Å². The van der Waals surface area contributed by atoms with Crippen LogP contribution in [0.4, 0.5) is 11.4 Å². The Morgan fingerprint density at radius 1 is 0.594 bits per heavy atom. The monoisotopic (exact) mass is 938 g/mol. The van der Waals surface area contributed by atoms with Gasteiger partial charge in [-0.25, -0.2) is 19.2 Å². The number of hydrogen-bond acceptors (Lipinski definition) is 18. The summed E-state index contributed by atoms with van der Waals surface area (Å²) in [4.78, 5) is 130. The molecule has 4 rings (SSSR count). The number of hydroxylamine groups is 4. The first-order valence-electron chi connectivity index (χ1n) is 19.2. The normalized spacial score (nSPS) is 13.8. The van der Waals surface area contributed by atoms with E-state index in [4.69, 9.17) is 19.1 Å². The molecule has 2 heterocycles. The summed E-state index contributed by atoms with van der Waals surface area (Å²) in [6.45, 7) is 1.15. The number of carbonyl (C=O) groups is 8. The number of nitro benzene ring substituents is 2. The molecule has 0 spiro atoms. The molecule has 0 saturated carbocycles. The quantitative estimate of drug-likeness (QED) is 0.0361.